The zero-order valence-corrected chi connectivity index (χ0v) is 42.6. The fourth-order valence-corrected chi connectivity index (χ4v) is 10.7. The van der Waals surface area contributed by atoms with Crippen LogP contribution in [-0.2, 0) is 43.4 Å². The van der Waals surface area contributed by atoms with Crippen molar-refractivity contribution in [1.29, 1.82) is 0 Å². The van der Waals surface area contributed by atoms with Gasteiger partial charge in [0, 0.05) is 47.7 Å². The largest absolute Gasteiger partial charge is 0.490 e. The van der Waals surface area contributed by atoms with Crippen LogP contribution in [0, 0.1) is 5.41 Å². The average molecular weight is 971 g/mol. The van der Waals surface area contributed by atoms with Gasteiger partial charge in [-0.3, -0.25) is 4.79 Å². The van der Waals surface area contributed by atoms with Gasteiger partial charge in [-0.1, -0.05) is 55.4 Å². The highest BCUT2D eigenvalue weighted by atomic mass is 32.2. The van der Waals surface area contributed by atoms with Gasteiger partial charge in [0.25, 0.3) is 0 Å². The summed E-state index contributed by atoms with van der Waals surface area (Å²) in [6.07, 6.45) is 1.03. The second-order valence-electron chi connectivity index (χ2n) is 17.1. The van der Waals surface area contributed by atoms with Crippen molar-refractivity contribution in [2.24, 2.45) is 5.41 Å². The zero-order valence-electron chi connectivity index (χ0n) is 38.5. The van der Waals surface area contributed by atoms with Crippen LogP contribution in [0.5, 0.6) is 11.5 Å². The zero-order chi connectivity index (χ0) is 45.5. The lowest BCUT2D eigenvalue weighted by atomic mass is 9.93. The Morgan fingerprint density at radius 2 is 1.02 bits per heavy atom. The standard InChI is InChI=1S/C47H70O11S5/c1-34(2)40-31-35(57-27-25-54-22-20-53-23-24-56-29-30-59-33-43(48)49)44(62-40)38-10-9-37(60-38)41-32-36(45(63-41)39-11-12-42(61-39)47(6,7)8)58-28-26-55-21-19-52-18-17-51-16-15-50-14-13-46(3,4)5/h9-12,31-32,34H,13-30,33H2,1-8H3,(H,48,49). The van der Waals surface area contributed by atoms with Crippen LogP contribution in [0.1, 0.15) is 77.5 Å². The van der Waals surface area contributed by atoms with E-state index in [0.29, 0.717) is 111 Å². The van der Waals surface area contributed by atoms with Gasteiger partial charge in [-0.05, 0) is 53.5 Å². The quantitative estimate of drug-likeness (QED) is 0.0449. The van der Waals surface area contributed by atoms with Crippen molar-refractivity contribution < 1.29 is 52.5 Å². The van der Waals surface area contributed by atoms with E-state index in [0.717, 1.165) is 39.2 Å². The number of thioether (sulfide) groups is 1. The van der Waals surface area contributed by atoms with E-state index in [-0.39, 0.29) is 16.6 Å². The highest BCUT2D eigenvalue weighted by molar-refractivity contribution is 7.99. The Morgan fingerprint density at radius 3 is 1.52 bits per heavy atom. The van der Waals surface area contributed by atoms with Crippen LogP contribution in [0.2, 0.25) is 0 Å². The molecule has 0 saturated carbocycles. The summed E-state index contributed by atoms with van der Waals surface area (Å²) in [5.41, 5.74) is 0.347. The Labute approximate surface area is 396 Å². The van der Waals surface area contributed by atoms with Gasteiger partial charge in [0.2, 0.25) is 0 Å². The number of ether oxygens (including phenoxy) is 9. The Kier molecular flexibility index (Phi) is 24.5. The van der Waals surface area contributed by atoms with Crippen molar-refractivity contribution >= 4 is 63.1 Å². The molecule has 0 aliphatic heterocycles. The molecule has 1 N–H and O–H groups in total. The Morgan fingerprint density at radius 1 is 0.556 bits per heavy atom. The lowest BCUT2D eigenvalue weighted by Gasteiger charge is -2.17. The third-order valence-corrected chi connectivity index (χ3v) is 15.6. The Hall–Kier alpha value is -2.06. The minimum Gasteiger partial charge on any atom is -0.490 e. The predicted molar refractivity (Wildman–Crippen MR) is 263 cm³/mol. The summed E-state index contributed by atoms with van der Waals surface area (Å²) in [6.45, 7) is 26.0. The molecule has 63 heavy (non-hydrogen) atoms. The number of carboxylic acids is 1. The first kappa shape index (κ1) is 53.6. The summed E-state index contributed by atoms with van der Waals surface area (Å²) in [5, 5.41) is 8.68. The van der Waals surface area contributed by atoms with Crippen molar-refractivity contribution in [2.45, 2.75) is 73.1 Å². The maximum atomic E-state index is 10.6. The Balaban J connectivity index is 1.25. The van der Waals surface area contributed by atoms with Crippen LogP contribution in [0.25, 0.3) is 29.3 Å². The molecule has 11 nitrogen and oxygen atoms in total. The molecule has 0 radical (unpaired) electrons. The second-order valence-corrected chi connectivity index (χ2v) is 22.5. The molecule has 0 amide bonds. The molecular weight excluding hydrogens is 901 g/mol. The highest BCUT2D eigenvalue weighted by Gasteiger charge is 2.22. The average Bonchev–Trinajstić information content (AvgIpc) is 4.05. The van der Waals surface area contributed by atoms with E-state index >= 15 is 0 Å². The van der Waals surface area contributed by atoms with Gasteiger partial charge in [-0.15, -0.1) is 57.1 Å². The second kappa shape index (κ2) is 28.9. The maximum absolute atomic E-state index is 10.6. The normalized spacial score (nSPS) is 12.2. The number of carboxylic acid groups (broad SMARTS) is 1. The summed E-state index contributed by atoms with van der Waals surface area (Å²) < 4.78 is 52.4. The van der Waals surface area contributed by atoms with Gasteiger partial charge in [0.15, 0.2) is 0 Å². The van der Waals surface area contributed by atoms with E-state index in [1.54, 1.807) is 34.0 Å². The number of hydrogen-bond donors (Lipinski definition) is 1. The summed E-state index contributed by atoms with van der Waals surface area (Å²) >= 11 is 8.49. The lowest BCUT2D eigenvalue weighted by molar-refractivity contribution is -0.133. The smallest absolute Gasteiger partial charge is 0.313 e. The van der Waals surface area contributed by atoms with E-state index in [1.807, 2.05) is 11.3 Å². The molecule has 0 aliphatic rings. The molecule has 0 aromatic carbocycles. The lowest BCUT2D eigenvalue weighted by Crippen LogP contribution is -2.14. The molecule has 4 heterocycles. The first-order valence-corrected chi connectivity index (χ1v) is 26.2. The molecule has 4 aromatic heterocycles. The van der Waals surface area contributed by atoms with E-state index in [9.17, 15) is 4.79 Å². The van der Waals surface area contributed by atoms with E-state index in [2.05, 4.69) is 91.8 Å². The van der Waals surface area contributed by atoms with Gasteiger partial charge >= 0.3 is 5.97 Å². The predicted octanol–water partition coefficient (Wildman–Crippen LogP) is 11.5. The van der Waals surface area contributed by atoms with Crippen LogP contribution in [0.15, 0.2) is 36.4 Å². The molecule has 4 aromatic rings. The number of carbonyl (C=O) groups is 1. The van der Waals surface area contributed by atoms with Crippen molar-refractivity contribution in [3.63, 3.8) is 0 Å². The number of rotatable bonds is 34. The van der Waals surface area contributed by atoms with Crippen LogP contribution in [-0.4, -0.2) is 128 Å². The Bertz CT molecular complexity index is 1850. The van der Waals surface area contributed by atoms with E-state index in [4.69, 9.17) is 47.7 Å². The first-order chi connectivity index (χ1) is 30.2. The fraction of sp³-hybridized carbons (Fsp3) is 0.638. The summed E-state index contributed by atoms with van der Waals surface area (Å²) in [5.74, 6) is 2.06. The van der Waals surface area contributed by atoms with Gasteiger partial charge in [-0.2, -0.15) is 0 Å². The van der Waals surface area contributed by atoms with Crippen LogP contribution >= 0.6 is 57.1 Å². The molecule has 0 atom stereocenters. The van der Waals surface area contributed by atoms with Gasteiger partial charge < -0.3 is 47.7 Å². The van der Waals surface area contributed by atoms with Crippen molar-refractivity contribution in [1.82, 2.24) is 0 Å². The molecule has 4 rings (SSSR count). The first-order valence-electron chi connectivity index (χ1n) is 21.8. The van der Waals surface area contributed by atoms with Crippen LogP contribution < -0.4 is 9.47 Å². The van der Waals surface area contributed by atoms with Gasteiger partial charge in [0.05, 0.1) is 101 Å². The van der Waals surface area contributed by atoms with Crippen molar-refractivity contribution in [2.75, 3.05) is 117 Å². The number of hydrogen-bond acceptors (Lipinski definition) is 15. The molecule has 16 heteroatoms. The topological polar surface area (TPSA) is 120 Å². The maximum Gasteiger partial charge on any atom is 0.313 e. The van der Waals surface area contributed by atoms with Crippen molar-refractivity contribution in [3.8, 4) is 40.8 Å². The minimum atomic E-state index is -0.810. The third kappa shape index (κ3) is 21.0. The SMILES string of the molecule is CC(C)c1cc(OCCOCCOCCOCCSCC(=O)O)c(-c2ccc(-c3cc(OCCOCCOCCOCCOCCC(C)(C)C)c(-c4ccc(C(C)(C)C)s4)s3)s2)s1. The van der Waals surface area contributed by atoms with Gasteiger partial charge in [-0.25, -0.2) is 0 Å². The van der Waals surface area contributed by atoms with Crippen LogP contribution in [0.3, 0.4) is 0 Å². The number of thiophene rings is 4. The molecule has 0 fully saturated rings. The molecule has 0 unspecified atom stereocenters. The van der Waals surface area contributed by atoms with E-state index in [1.165, 1.54) is 36.1 Å². The molecule has 0 saturated heterocycles. The fourth-order valence-electron chi connectivity index (χ4n) is 5.57. The molecule has 0 bridgehead atoms. The summed E-state index contributed by atoms with van der Waals surface area (Å²) in [4.78, 5) is 20.2. The van der Waals surface area contributed by atoms with Gasteiger partial charge in [0.1, 0.15) is 24.7 Å². The van der Waals surface area contributed by atoms with E-state index < -0.39 is 5.97 Å². The monoisotopic (exact) mass is 970 g/mol. The molecule has 0 spiro atoms. The summed E-state index contributed by atoms with van der Waals surface area (Å²) in [7, 11) is 0. The summed E-state index contributed by atoms with van der Waals surface area (Å²) in [6, 6.07) is 13.2. The number of aliphatic carboxylic acids is 1. The third-order valence-electron chi connectivity index (χ3n) is 9.05. The minimum absolute atomic E-state index is 0.0636. The van der Waals surface area contributed by atoms with Crippen molar-refractivity contribution in [3.05, 3.63) is 46.2 Å². The molecule has 0 aliphatic carbocycles. The molecule has 354 valence electrons. The highest BCUT2D eigenvalue weighted by Crippen LogP contribution is 2.50. The molecular formula is C47H70O11S5. The van der Waals surface area contributed by atoms with Crippen LogP contribution in [0.4, 0.5) is 0 Å².